The lowest BCUT2D eigenvalue weighted by Gasteiger charge is -2.39. The van der Waals surface area contributed by atoms with Crippen molar-refractivity contribution in [1.82, 2.24) is 25.2 Å². The van der Waals surface area contributed by atoms with Crippen molar-refractivity contribution in [3.8, 4) is 0 Å². The molecule has 0 bridgehead atoms. The number of nitrogens with zero attached hydrogens (tertiary/aromatic N) is 3. The van der Waals surface area contributed by atoms with Gasteiger partial charge in [0.25, 0.3) is 0 Å². The molecule has 0 unspecified atom stereocenters. The van der Waals surface area contributed by atoms with Crippen LogP contribution in [0.25, 0.3) is 11.0 Å². The number of fused-ring (bicyclic) bond motifs is 1. The van der Waals surface area contributed by atoms with E-state index in [0.29, 0.717) is 6.04 Å². The summed E-state index contributed by atoms with van der Waals surface area (Å²) in [7, 11) is 0. The predicted molar refractivity (Wildman–Crippen MR) is 88.0 cm³/mol. The van der Waals surface area contributed by atoms with E-state index in [9.17, 15) is 0 Å². The topological polar surface area (TPSA) is 68.9 Å². The Kier molecular flexibility index (Phi) is 3.95. The lowest BCUT2D eigenvalue weighted by Crippen LogP contribution is -2.48. The Balaban J connectivity index is 1.36. The molecule has 0 spiro atoms. The molecule has 0 saturated carbocycles. The van der Waals surface area contributed by atoms with Crippen LogP contribution in [0.3, 0.4) is 0 Å². The highest BCUT2D eigenvalue weighted by Crippen LogP contribution is 2.23. The smallest absolute Gasteiger partial charge is 0.142 e. The summed E-state index contributed by atoms with van der Waals surface area (Å²) >= 11 is 0. The first-order chi connectivity index (χ1) is 10.9. The zero-order chi connectivity index (χ0) is 14.8. The van der Waals surface area contributed by atoms with Crippen LogP contribution in [-0.4, -0.2) is 58.1 Å². The van der Waals surface area contributed by atoms with Crippen molar-refractivity contribution in [2.45, 2.75) is 37.8 Å². The Morgan fingerprint density at radius 1 is 1.09 bits per heavy atom. The maximum Gasteiger partial charge on any atom is 0.142 e. The van der Waals surface area contributed by atoms with Crippen LogP contribution < -0.4 is 10.6 Å². The first-order valence-electron chi connectivity index (χ1n) is 8.39. The fourth-order valence-electron chi connectivity index (χ4n) is 3.76. The summed E-state index contributed by atoms with van der Waals surface area (Å²) in [5, 5.41) is 8.16. The largest absolute Gasteiger partial charge is 0.367 e. The van der Waals surface area contributed by atoms with Crippen LogP contribution in [0.5, 0.6) is 0 Å². The quantitative estimate of drug-likeness (QED) is 0.803. The lowest BCUT2D eigenvalue weighted by molar-refractivity contribution is 0.131. The number of likely N-dealkylation sites (tertiary alicyclic amines) is 1. The SMILES string of the molecule is c1nc(NC2CCN(C3CCNCC3)CC2)c2cc[nH]c2n1. The molecule has 0 amide bonds. The number of aromatic amines is 1. The van der Waals surface area contributed by atoms with Crippen molar-refractivity contribution < 1.29 is 0 Å². The second-order valence-corrected chi connectivity index (χ2v) is 6.40. The molecule has 2 saturated heterocycles. The fraction of sp³-hybridized carbons (Fsp3) is 0.625. The number of H-pyrrole nitrogens is 1. The Morgan fingerprint density at radius 3 is 2.73 bits per heavy atom. The van der Waals surface area contributed by atoms with Gasteiger partial charge in [-0.3, -0.25) is 0 Å². The minimum Gasteiger partial charge on any atom is -0.367 e. The first kappa shape index (κ1) is 14.0. The molecule has 3 N–H and O–H groups in total. The van der Waals surface area contributed by atoms with Crippen molar-refractivity contribution in [3.05, 3.63) is 18.6 Å². The maximum atomic E-state index is 4.42. The van der Waals surface area contributed by atoms with Gasteiger partial charge in [0.15, 0.2) is 0 Å². The van der Waals surface area contributed by atoms with E-state index >= 15 is 0 Å². The van der Waals surface area contributed by atoms with Gasteiger partial charge >= 0.3 is 0 Å². The molecular weight excluding hydrogens is 276 g/mol. The molecule has 0 aliphatic carbocycles. The number of aromatic nitrogens is 3. The van der Waals surface area contributed by atoms with E-state index in [-0.39, 0.29) is 0 Å². The minimum atomic E-state index is 0.519. The number of piperidine rings is 2. The van der Waals surface area contributed by atoms with Gasteiger partial charge in [-0.15, -0.1) is 0 Å². The van der Waals surface area contributed by atoms with Crippen LogP contribution >= 0.6 is 0 Å². The highest BCUT2D eigenvalue weighted by Gasteiger charge is 2.26. The second-order valence-electron chi connectivity index (χ2n) is 6.40. The molecule has 2 aromatic rings. The van der Waals surface area contributed by atoms with E-state index in [1.807, 2.05) is 12.3 Å². The van der Waals surface area contributed by atoms with Crippen molar-refractivity contribution >= 4 is 16.9 Å². The number of hydrogen-bond acceptors (Lipinski definition) is 5. The highest BCUT2D eigenvalue weighted by molar-refractivity contribution is 5.86. The number of nitrogens with one attached hydrogen (secondary N) is 3. The van der Waals surface area contributed by atoms with Crippen LogP contribution in [0.1, 0.15) is 25.7 Å². The summed E-state index contributed by atoms with van der Waals surface area (Å²) in [4.78, 5) is 14.5. The molecule has 2 fully saturated rings. The van der Waals surface area contributed by atoms with Crippen LogP contribution in [0.2, 0.25) is 0 Å². The summed E-state index contributed by atoms with van der Waals surface area (Å²) in [6.45, 7) is 4.75. The Hall–Kier alpha value is -1.66. The highest BCUT2D eigenvalue weighted by atomic mass is 15.2. The summed E-state index contributed by atoms with van der Waals surface area (Å²) in [6.07, 6.45) is 8.54. The van der Waals surface area contributed by atoms with Gasteiger partial charge in [-0.25, -0.2) is 9.97 Å². The number of rotatable bonds is 3. The maximum absolute atomic E-state index is 4.42. The zero-order valence-electron chi connectivity index (χ0n) is 12.9. The average molecular weight is 300 g/mol. The van der Waals surface area contributed by atoms with Crippen molar-refractivity contribution in [1.29, 1.82) is 0 Å². The molecule has 6 nitrogen and oxygen atoms in total. The van der Waals surface area contributed by atoms with E-state index in [1.165, 1.54) is 51.9 Å². The van der Waals surface area contributed by atoms with Gasteiger partial charge in [0.05, 0.1) is 5.39 Å². The van der Waals surface area contributed by atoms with E-state index in [4.69, 9.17) is 0 Å². The fourth-order valence-corrected chi connectivity index (χ4v) is 3.76. The van der Waals surface area contributed by atoms with Crippen molar-refractivity contribution in [3.63, 3.8) is 0 Å². The molecule has 22 heavy (non-hydrogen) atoms. The van der Waals surface area contributed by atoms with Gasteiger partial charge in [-0.1, -0.05) is 0 Å². The van der Waals surface area contributed by atoms with Crippen molar-refractivity contribution in [2.75, 3.05) is 31.5 Å². The number of hydrogen-bond donors (Lipinski definition) is 3. The van der Waals surface area contributed by atoms with Gasteiger partial charge in [0.1, 0.15) is 17.8 Å². The van der Waals surface area contributed by atoms with Crippen LogP contribution in [0, 0.1) is 0 Å². The minimum absolute atomic E-state index is 0.519. The molecule has 0 radical (unpaired) electrons. The summed E-state index contributed by atoms with van der Waals surface area (Å²) in [5.74, 6) is 0.964. The summed E-state index contributed by atoms with van der Waals surface area (Å²) in [5.41, 5.74) is 0.907. The van der Waals surface area contributed by atoms with Gasteiger partial charge in [-0.2, -0.15) is 0 Å². The van der Waals surface area contributed by atoms with E-state index < -0.39 is 0 Å². The Morgan fingerprint density at radius 2 is 1.91 bits per heavy atom. The van der Waals surface area contributed by atoms with E-state index in [2.05, 4.69) is 30.5 Å². The number of anilines is 1. The molecular formula is C16H24N6. The summed E-state index contributed by atoms with van der Waals surface area (Å²) in [6, 6.07) is 3.35. The molecule has 2 aromatic heterocycles. The normalized spacial score (nSPS) is 22.2. The lowest BCUT2D eigenvalue weighted by atomic mass is 9.98. The van der Waals surface area contributed by atoms with Crippen LogP contribution in [0.15, 0.2) is 18.6 Å². The molecule has 2 aliphatic heterocycles. The summed E-state index contributed by atoms with van der Waals surface area (Å²) < 4.78 is 0. The third kappa shape index (κ3) is 2.80. The third-order valence-electron chi connectivity index (χ3n) is 5.05. The van der Waals surface area contributed by atoms with E-state index in [1.54, 1.807) is 6.33 Å². The third-order valence-corrected chi connectivity index (χ3v) is 5.05. The molecule has 0 atom stereocenters. The molecule has 2 aliphatic rings. The molecule has 6 heteroatoms. The van der Waals surface area contributed by atoms with E-state index in [0.717, 1.165) is 22.9 Å². The van der Waals surface area contributed by atoms with Gasteiger partial charge < -0.3 is 20.5 Å². The van der Waals surface area contributed by atoms with Gasteiger partial charge in [0.2, 0.25) is 0 Å². The monoisotopic (exact) mass is 300 g/mol. The first-order valence-corrected chi connectivity index (χ1v) is 8.39. The van der Waals surface area contributed by atoms with Gasteiger partial charge in [-0.05, 0) is 44.8 Å². The van der Waals surface area contributed by atoms with Crippen LogP contribution in [0.4, 0.5) is 5.82 Å². The Labute approximate surface area is 130 Å². The second kappa shape index (κ2) is 6.22. The Bertz CT molecular complexity index is 610. The molecule has 4 heterocycles. The molecule has 0 aromatic carbocycles. The standard InChI is InChI=1S/C16H24N6/c1-6-17-7-2-13(1)22-9-4-12(5-10-22)21-16-14-3-8-18-15(14)19-11-20-16/h3,8,11-13,17H,1-2,4-7,9-10H2,(H2,18,19,20,21). The van der Waals surface area contributed by atoms with Gasteiger partial charge in [0, 0.05) is 31.4 Å². The molecule has 4 rings (SSSR count). The predicted octanol–water partition coefficient (Wildman–Crippen LogP) is 1.59. The zero-order valence-corrected chi connectivity index (χ0v) is 12.9. The van der Waals surface area contributed by atoms with Crippen molar-refractivity contribution in [2.24, 2.45) is 0 Å². The average Bonchev–Trinajstić information content (AvgIpc) is 3.06. The van der Waals surface area contributed by atoms with Crippen LogP contribution in [-0.2, 0) is 0 Å². The molecule has 118 valence electrons.